The van der Waals surface area contributed by atoms with E-state index in [4.69, 9.17) is 27.9 Å². The first-order valence-corrected chi connectivity index (χ1v) is 10.8. The van der Waals surface area contributed by atoms with Crippen LogP contribution in [-0.2, 0) is 22.9 Å². The van der Waals surface area contributed by atoms with Gasteiger partial charge in [0.05, 0.1) is 17.8 Å². The summed E-state index contributed by atoms with van der Waals surface area (Å²) in [6.45, 7) is 0. The van der Waals surface area contributed by atoms with Gasteiger partial charge in [-0.1, -0.05) is 23.2 Å². The fourth-order valence-corrected chi connectivity index (χ4v) is 5.32. The van der Waals surface area contributed by atoms with Crippen LogP contribution < -0.4 is 9.46 Å². The number of nitrogens with one attached hydrogen (secondary N) is 1. The minimum atomic E-state index is -3.84. The Morgan fingerprint density at radius 1 is 1.15 bits per heavy atom. The van der Waals surface area contributed by atoms with Crippen LogP contribution in [-0.4, -0.2) is 40.6 Å². The lowest BCUT2D eigenvalue weighted by molar-refractivity contribution is 0.265. The summed E-state index contributed by atoms with van der Waals surface area (Å²) in [5.41, 5.74) is 2.58. The molecule has 1 atom stereocenters. The van der Waals surface area contributed by atoms with E-state index in [1.165, 1.54) is 18.2 Å². The number of anilines is 1. The Morgan fingerprint density at radius 3 is 2.52 bits per heavy atom. The molecule has 1 aliphatic carbocycles. The van der Waals surface area contributed by atoms with Crippen LogP contribution in [0.1, 0.15) is 17.5 Å². The molecule has 0 unspecified atom stereocenters. The smallest absolute Gasteiger partial charge is 0.263 e. The van der Waals surface area contributed by atoms with Crippen LogP contribution in [0.15, 0.2) is 35.2 Å². The first-order chi connectivity index (χ1) is 12.7. The number of benzene rings is 2. The number of hydrogen-bond acceptors (Lipinski definition) is 4. The van der Waals surface area contributed by atoms with Crippen molar-refractivity contribution in [1.29, 1.82) is 0 Å². The maximum absolute atomic E-state index is 12.9. The highest BCUT2D eigenvalue weighted by atomic mass is 35.5. The van der Waals surface area contributed by atoms with Gasteiger partial charge in [0.25, 0.3) is 10.0 Å². The molecule has 3 rings (SSSR count). The standard InChI is InChI=1S/C19H22Cl2N2O3S/c1-23(2)13-5-6-14-15(11-13)18(26-3)8-7-17(14)22-27(24,25)19-9-4-12(20)10-16(19)21/h4,7-10,13,22H,5-6,11H2,1-3H3/t13-/m0/s1. The van der Waals surface area contributed by atoms with Crippen LogP contribution in [0.2, 0.25) is 10.0 Å². The van der Waals surface area contributed by atoms with E-state index in [1.807, 2.05) is 0 Å². The van der Waals surface area contributed by atoms with E-state index in [0.717, 1.165) is 36.1 Å². The SMILES string of the molecule is COc1ccc(NS(=O)(=O)c2ccc(Cl)cc2Cl)c2c1C[C@@H](N(C)C)CC2. The van der Waals surface area contributed by atoms with Gasteiger partial charge in [-0.3, -0.25) is 4.72 Å². The van der Waals surface area contributed by atoms with Gasteiger partial charge in [0.15, 0.2) is 0 Å². The average Bonchev–Trinajstić information content (AvgIpc) is 2.60. The van der Waals surface area contributed by atoms with Crippen molar-refractivity contribution in [3.05, 3.63) is 51.5 Å². The highest BCUT2D eigenvalue weighted by molar-refractivity contribution is 7.92. The van der Waals surface area contributed by atoms with Crippen LogP contribution in [0.25, 0.3) is 0 Å². The molecule has 0 saturated heterocycles. The largest absolute Gasteiger partial charge is 0.496 e. The Labute approximate surface area is 170 Å². The molecule has 2 aromatic rings. The number of likely N-dealkylation sites (N-methyl/N-ethyl adjacent to an activating group) is 1. The van der Waals surface area contributed by atoms with Crippen molar-refractivity contribution >= 4 is 38.9 Å². The lowest BCUT2D eigenvalue weighted by Crippen LogP contribution is -2.34. The molecule has 146 valence electrons. The molecule has 1 aliphatic rings. The number of rotatable bonds is 5. The van der Waals surface area contributed by atoms with Gasteiger partial charge in [-0.15, -0.1) is 0 Å². The quantitative estimate of drug-likeness (QED) is 0.773. The fraction of sp³-hybridized carbons (Fsp3) is 0.368. The Morgan fingerprint density at radius 2 is 1.89 bits per heavy atom. The lowest BCUT2D eigenvalue weighted by atomic mass is 9.86. The van der Waals surface area contributed by atoms with Crippen LogP contribution >= 0.6 is 23.2 Å². The Hall–Kier alpha value is -1.47. The molecular weight excluding hydrogens is 407 g/mol. The molecule has 0 heterocycles. The topological polar surface area (TPSA) is 58.6 Å². The summed E-state index contributed by atoms with van der Waals surface area (Å²) in [6.07, 6.45) is 2.52. The van der Waals surface area contributed by atoms with Crippen molar-refractivity contribution in [1.82, 2.24) is 4.90 Å². The van der Waals surface area contributed by atoms with Crippen molar-refractivity contribution < 1.29 is 13.2 Å². The third kappa shape index (κ3) is 4.19. The Balaban J connectivity index is 2.00. The van der Waals surface area contributed by atoms with E-state index < -0.39 is 10.0 Å². The monoisotopic (exact) mass is 428 g/mol. The highest BCUT2D eigenvalue weighted by Gasteiger charge is 2.27. The molecule has 0 aromatic heterocycles. The zero-order valence-electron chi connectivity index (χ0n) is 15.4. The summed E-state index contributed by atoms with van der Waals surface area (Å²) in [5.74, 6) is 0.782. The van der Waals surface area contributed by atoms with Crippen LogP contribution in [0.5, 0.6) is 5.75 Å². The highest BCUT2D eigenvalue weighted by Crippen LogP contribution is 2.37. The summed E-state index contributed by atoms with van der Waals surface area (Å²) < 4.78 is 33.9. The predicted octanol–water partition coefficient (Wildman–Crippen LogP) is 4.22. The molecule has 0 radical (unpaired) electrons. The lowest BCUT2D eigenvalue weighted by Gasteiger charge is -2.32. The number of hydrogen-bond donors (Lipinski definition) is 1. The normalized spacial score (nSPS) is 16.9. The molecule has 8 heteroatoms. The summed E-state index contributed by atoms with van der Waals surface area (Å²) in [4.78, 5) is 2.19. The molecule has 1 N–H and O–H groups in total. The van der Waals surface area contributed by atoms with E-state index in [2.05, 4.69) is 23.7 Å². The van der Waals surface area contributed by atoms with Gasteiger partial charge >= 0.3 is 0 Å². The number of methoxy groups -OCH3 is 1. The Kier molecular flexibility index (Phi) is 5.91. The number of fused-ring (bicyclic) bond motifs is 1. The number of ether oxygens (including phenoxy) is 1. The van der Waals surface area contributed by atoms with E-state index >= 15 is 0 Å². The van der Waals surface area contributed by atoms with Crippen LogP contribution in [0.3, 0.4) is 0 Å². The first-order valence-electron chi connectivity index (χ1n) is 8.56. The maximum Gasteiger partial charge on any atom is 0.263 e. The molecule has 2 aromatic carbocycles. The minimum absolute atomic E-state index is 0.000104. The third-order valence-corrected chi connectivity index (χ3v) is 7.02. The zero-order valence-corrected chi connectivity index (χ0v) is 17.7. The van der Waals surface area contributed by atoms with E-state index in [0.29, 0.717) is 16.8 Å². The van der Waals surface area contributed by atoms with Crippen LogP contribution in [0.4, 0.5) is 5.69 Å². The first kappa shape index (κ1) is 20.3. The minimum Gasteiger partial charge on any atom is -0.496 e. The molecule has 0 aliphatic heterocycles. The van der Waals surface area contributed by atoms with Gasteiger partial charge in [-0.2, -0.15) is 0 Å². The van der Waals surface area contributed by atoms with Crippen molar-refractivity contribution in [2.24, 2.45) is 0 Å². The molecule has 0 bridgehead atoms. The molecule has 0 fully saturated rings. The number of nitrogens with zero attached hydrogens (tertiary/aromatic N) is 1. The van der Waals surface area contributed by atoms with Gasteiger partial charge in [0.1, 0.15) is 10.6 Å². The molecule has 0 amide bonds. The summed E-state index contributed by atoms with van der Waals surface area (Å²) in [7, 11) is 1.90. The molecular formula is C19H22Cl2N2O3S. The average molecular weight is 429 g/mol. The van der Waals surface area contributed by atoms with Gasteiger partial charge in [-0.05, 0) is 69.3 Å². The summed E-state index contributed by atoms with van der Waals surface area (Å²) in [6, 6.07) is 8.28. The van der Waals surface area contributed by atoms with Gasteiger partial charge in [-0.25, -0.2) is 8.42 Å². The Bertz CT molecular complexity index is 962. The van der Waals surface area contributed by atoms with Crippen molar-refractivity contribution in [2.75, 3.05) is 25.9 Å². The second kappa shape index (κ2) is 7.87. The molecule has 0 saturated carbocycles. The fourth-order valence-electron chi connectivity index (χ4n) is 3.45. The van der Waals surface area contributed by atoms with Gasteiger partial charge < -0.3 is 9.64 Å². The van der Waals surface area contributed by atoms with Crippen molar-refractivity contribution in [2.45, 2.75) is 30.2 Å². The summed E-state index contributed by atoms with van der Waals surface area (Å²) >= 11 is 12.0. The third-order valence-electron chi connectivity index (χ3n) is 4.93. The van der Waals surface area contributed by atoms with Gasteiger partial charge in [0, 0.05) is 16.6 Å². The second-order valence-electron chi connectivity index (χ2n) is 6.81. The number of sulfonamides is 1. The molecule has 5 nitrogen and oxygen atoms in total. The van der Waals surface area contributed by atoms with Crippen molar-refractivity contribution in [3.63, 3.8) is 0 Å². The number of halogens is 2. The zero-order chi connectivity index (χ0) is 19.8. The van der Waals surface area contributed by atoms with Crippen molar-refractivity contribution in [3.8, 4) is 5.75 Å². The van der Waals surface area contributed by atoms with E-state index in [9.17, 15) is 8.42 Å². The summed E-state index contributed by atoms with van der Waals surface area (Å²) in [5, 5.41) is 0.473. The second-order valence-corrected chi connectivity index (χ2v) is 9.31. The molecule has 0 spiro atoms. The maximum atomic E-state index is 12.9. The van der Waals surface area contributed by atoms with E-state index in [1.54, 1.807) is 19.2 Å². The van der Waals surface area contributed by atoms with Crippen LogP contribution in [0, 0.1) is 0 Å². The molecule has 27 heavy (non-hydrogen) atoms. The predicted molar refractivity (Wildman–Crippen MR) is 110 cm³/mol. The van der Waals surface area contributed by atoms with E-state index in [-0.39, 0.29) is 9.92 Å². The van der Waals surface area contributed by atoms with Gasteiger partial charge in [0.2, 0.25) is 0 Å².